The van der Waals surface area contributed by atoms with E-state index in [1.54, 1.807) is 60.7 Å². The van der Waals surface area contributed by atoms with Crippen molar-refractivity contribution in [3.63, 3.8) is 0 Å². The minimum absolute atomic E-state index is 0.292. The van der Waals surface area contributed by atoms with Crippen LogP contribution in [-0.4, -0.2) is 6.03 Å². The number of rotatable bonds is 6. The van der Waals surface area contributed by atoms with Crippen LogP contribution in [-0.2, 0) is 0 Å². The summed E-state index contributed by atoms with van der Waals surface area (Å²) in [6, 6.07) is 23.7. The van der Waals surface area contributed by atoms with Gasteiger partial charge in [-0.05, 0) is 61.4 Å². The van der Waals surface area contributed by atoms with Crippen LogP contribution in [0.5, 0.6) is 23.0 Å². The van der Waals surface area contributed by atoms with E-state index in [0.717, 1.165) is 11.1 Å². The maximum absolute atomic E-state index is 12.7. The molecule has 0 saturated carbocycles. The summed E-state index contributed by atoms with van der Waals surface area (Å²) in [5.74, 6) is 1.98. The molecule has 0 heterocycles. The van der Waals surface area contributed by atoms with Crippen molar-refractivity contribution in [1.82, 2.24) is 0 Å². The van der Waals surface area contributed by atoms with Crippen molar-refractivity contribution in [2.24, 2.45) is 0 Å². The molecule has 0 atom stereocenters. The molecular weight excluding hydrogens is 523 g/mol. The normalized spacial score (nSPS) is 10.2. The van der Waals surface area contributed by atoms with Crippen molar-refractivity contribution < 1.29 is 14.3 Å². The second-order valence-corrected chi connectivity index (χ2v) is 9.07. The average molecular weight is 543 g/mol. The van der Waals surface area contributed by atoms with Gasteiger partial charge in [0, 0.05) is 35.6 Å². The van der Waals surface area contributed by atoms with Crippen LogP contribution < -0.4 is 20.1 Å². The quantitative estimate of drug-likeness (QED) is 0.253. The SMILES string of the molecule is Cc1ccc(NC(=O)Nc2ccc(C)c(Oc3ccc(C#N)c(Cl)c3)c2)cc1Oc1ccc(C#N)c(Cl)c1. The fourth-order valence-corrected chi connectivity index (χ4v) is 3.85. The maximum Gasteiger partial charge on any atom is 0.323 e. The molecule has 0 aliphatic heterocycles. The third-order valence-electron chi connectivity index (χ3n) is 5.47. The predicted octanol–water partition coefficient (Wildman–Crippen LogP) is 8.58. The van der Waals surface area contributed by atoms with Gasteiger partial charge in [-0.25, -0.2) is 4.79 Å². The number of urea groups is 1. The number of anilines is 2. The number of benzene rings is 4. The summed E-state index contributed by atoms with van der Waals surface area (Å²) in [7, 11) is 0. The lowest BCUT2D eigenvalue weighted by atomic mass is 10.2. The van der Waals surface area contributed by atoms with Crippen LogP contribution in [0.25, 0.3) is 0 Å². The smallest absolute Gasteiger partial charge is 0.323 e. The molecule has 0 bridgehead atoms. The third-order valence-corrected chi connectivity index (χ3v) is 6.10. The van der Waals surface area contributed by atoms with E-state index in [0.29, 0.717) is 55.5 Å². The van der Waals surface area contributed by atoms with Gasteiger partial charge in [-0.15, -0.1) is 0 Å². The molecule has 0 aliphatic carbocycles. The number of carbonyl (C=O) groups excluding carboxylic acids is 1. The van der Waals surface area contributed by atoms with Gasteiger partial charge in [-0.3, -0.25) is 0 Å². The van der Waals surface area contributed by atoms with Gasteiger partial charge >= 0.3 is 6.03 Å². The first-order valence-electron chi connectivity index (χ1n) is 11.3. The number of nitriles is 2. The summed E-state index contributed by atoms with van der Waals surface area (Å²) in [6.07, 6.45) is 0. The average Bonchev–Trinajstić information content (AvgIpc) is 2.88. The number of hydrogen-bond donors (Lipinski definition) is 2. The zero-order valence-electron chi connectivity index (χ0n) is 20.3. The van der Waals surface area contributed by atoms with Gasteiger partial charge in [0.05, 0.1) is 21.2 Å². The molecule has 2 N–H and O–H groups in total. The number of nitrogens with zero attached hydrogens (tertiary/aromatic N) is 2. The molecule has 4 aromatic carbocycles. The molecule has 0 aromatic heterocycles. The maximum atomic E-state index is 12.7. The Balaban J connectivity index is 1.45. The highest BCUT2D eigenvalue weighted by molar-refractivity contribution is 6.32. The van der Waals surface area contributed by atoms with Crippen LogP contribution in [0.2, 0.25) is 10.0 Å². The Morgan fingerprint density at radius 3 is 1.47 bits per heavy atom. The molecule has 38 heavy (non-hydrogen) atoms. The van der Waals surface area contributed by atoms with Crippen molar-refractivity contribution in [1.29, 1.82) is 10.5 Å². The van der Waals surface area contributed by atoms with E-state index in [1.807, 2.05) is 38.1 Å². The Labute approximate surface area is 229 Å². The number of aryl methyl sites for hydroxylation is 2. The number of carbonyl (C=O) groups is 1. The Hall–Kier alpha value is -4.69. The lowest BCUT2D eigenvalue weighted by Crippen LogP contribution is -2.19. The van der Waals surface area contributed by atoms with Crippen molar-refractivity contribution in [3.8, 4) is 35.1 Å². The number of hydrogen-bond acceptors (Lipinski definition) is 5. The molecule has 0 fully saturated rings. The summed E-state index contributed by atoms with van der Waals surface area (Å²) >= 11 is 12.2. The molecule has 0 aliphatic rings. The highest BCUT2D eigenvalue weighted by atomic mass is 35.5. The van der Waals surface area contributed by atoms with E-state index < -0.39 is 6.03 Å². The van der Waals surface area contributed by atoms with Gasteiger partial charge < -0.3 is 20.1 Å². The van der Waals surface area contributed by atoms with E-state index in [2.05, 4.69) is 10.6 Å². The lowest BCUT2D eigenvalue weighted by molar-refractivity contribution is 0.262. The largest absolute Gasteiger partial charge is 0.457 e. The Morgan fingerprint density at radius 2 is 1.11 bits per heavy atom. The molecule has 0 spiro atoms. The highest BCUT2D eigenvalue weighted by Gasteiger charge is 2.11. The van der Waals surface area contributed by atoms with Gasteiger partial charge in [-0.1, -0.05) is 35.3 Å². The molecule has 188 valence electrons. The summed E-state index contributed by atoms with van der Waals surface area (Å²) < 4.78 is 11.9. The minimum atomic E-state index is -0.461. The number of ether oxygens (including phenoxy) is 2. The molecule has 4 aromatic rings. The van der Waals surface area contributed by atoms with Crippen molar-refractivity contribution in [3.05, 3.63) is 105 Å². The van der Waals surface area contributed by atoms with Crippen LogP contribution in [0.4, 0.5) is 16.2 Å². The van der Waals surface area contributed by atoms with Gasteiger partial charge in [0.1, 0.15) is 35.1 Å². The van der Waals surface area contributed by atoms with Crippen LogP contribution in [0.1, 0.15) is 22.3 Å². The second-order valence-electron chi connectivity index (χ2n) is 8.25. The number of nitrogens with one attached hydrogen (secondary N) is 2. The number of amides is 2. The molecule has 0 unspecified atom stereocenters. The van der Waals surface area contributed by atoms with E-state index in [1.165, 1.54) is 0 Å². The molecule has 9 heteroatoms. The van der Waals surface area contributed by atoms with Gasteiger partial charge in [0.25, 0.3) is 0 Å². The van der Waals surface area contributed by atoms with E-state index in [4.69, 9.17) is 43.2 Å². The van der Waals surface area contributed by atoms with Crippen LogP contribution in [0, 0.1) is 36.5 Å². The number of halogens is 2. The summed E-state index contributed by atoms with van der Waals surface area (Å²) in [4.78, 5) is 12.7. The molecule has 2 amide bonds. The third kappa shape index (κ3) is 6.35. The molecular formula is C29H20Cl2N4O3. The first-order chi connectivity index (χ1) is 18.2. The fraction of sp³-hybridized carbons (Fsp3) is 0.0690. The Morgan fingerprint density at radius 1 is 0.684 bits per heavy atom. The zero-order valence-corrected chi connectivity index (χ0v) is 21.8. The van der Waals surface area contributed by atoms with Crippen LogP contribution in [0.3, 0.4) is 0 Å². The van der Waals surface area contributed by atoms with E-state index in [9.17, 15) is 4.79 Å². The van der Waals surface area contributed by atoms with Crippen LogP contribution >= 0.6 is 23.2 Å². The zero-order chi connectivity index (χ0) is 27.2. The van der Waals surface area contributed by atoms with Crippen molar-refractivity contribution in [2.45, 2.75) is 13.8 Å². The summed E-state index contributed by atoms with van der Waals surface area (Å²) in [6.45, 7) is 3.75. The summed E-state index contributed by atoms with van der Waals surface area (Å²) in [5.41, 5.74) is 3.43. The Kier molecular flexibility index (Phi) is 8.03. The summed E-state index contributed by atoms with van der Waals surface area (Å²) in [5, 5.41) is 24.3. The monoisotopic (exact) mass is 542 g/mol. The molecule has 0 saturated heterocycles. The minimum Gasteiger partial charge on any atom is -0.457 e. The van der Waals surface area contributed by atoms with E-state index in [-0.39, 0.29) is 0 Å². The second kappa shape index (κ2) is 11.6. The topological polar surface area (TPSA) is 107 Å². The molecule has 7 nitrogen and oxygen atoms in total. The van der Waals surface area contributed by atoms with Gasteiger partial charge in [0.2, 0.25) is 0 Å². The van der Waals surface area contributed by atoms with Crippen molar-refractivity contribution >= 4 is 40.6 Å². The first-order valence-corrected chi connectivity index (χ1v) is 12.1. The van der Waals surface area contributed by atoms with Crippen molar-refractivity contribution in [2.75, 3.05) is 10.6 Å². The van der Waals surface area contributed by atoms with Crippen LogP contribution in [0.15, 0.2) is 72.8 Å². The fourth-order valence-electron chi connectivity index (χ4n) is 3.42. The molecule has 0 radical (unpaired) electrons. The first kappa shape index (κ1) is 26.4. The molecule has 4 rings (SSSR count). The predicted molar refractivity (Wildman–Crippen MR) is 147 cm³/mol. The lowest BCUT2D eigenvalue weighted by Gasteiger charge is -2.14. The standard InChI is InChI=1S/C29H20Cl2N4O3/c1-17-3-7-21(11-27(17)37-23-9-5-19(15-32)25(30)13-23)34-29(36)35-22-8-4-18(2)28(12-22)38-24-10-6-20(16-33)26(31)14-24/h3-14H,1-2H3,(H2,34,35,36). The van der Waals surface area contributed by atoms with E-state index >= 15 is 0 Å². The Bertz CT molecular complexity index is 1500. The van der Waals surface area contributed by atoms with Gasteiger partial charge in [-0.2, -0.15) is 10.5 Å². The van der Waals surface area contributed by atoms with Gasteiger partial charge in [0.15, 0.2) is 0 Å². The highest BCUT2D eigenvalue weighted by Crippen LogP contribution is 2.32.